The summed E-state index contributed by atoms with van der Waals surface area (Å²) in [6.07, 6.45) is 5.50. The zero-order valence-corrected chi connectivity index (χ0v) is 19.4. The van der Waals surface area contributed by atoms with Gasteiger partial charge in [-0.15, -0.1) is 0 Å². The van der Waals surface area contributed by atoms with Gasteiger partial charge in [-0.2, -0.15) is 0 Å². The Morgan fingerprint density at radius 2 is 1.42 bits per heavy atom. The van der Waals surface area contributed by atoms with Crippen LogP contribution in [0.25, 0.3) is 0 Å². The Balaban J connectivity index is 1.46. The summed E-state index contributed by atoms with van der Waals surface area (Å²) in [5.41, 5.74) is 2.07. The molecular formula is C26H38N2O3. The fourth-order valence-corrected chi connectivity index (χ4v) is 4.88. The molecule has 2 saturated heterocycles. The predicted octanol–water partition coefficient (Wildman–Crippen LogP) is 4.35. The minimum absolute atomic E-state index is 0.00788. The van der Waals surface area contributed by atoms with E-state index in [0.717, 1.165) is 44.1 Å². The number of hydrogen-bond acceptors (Lipinski definition) is 3. The SMILES string of the molecule is CCCC(=O)N1CCC(C(=O)N2CCC(C(=O)c3ccc(CC(C)C)cc3)CC2)CC1. The molecule has 0 atom stereocenters. The Hall–Kier alpha value is -2.17. The van der Waals surface area contributed by atoms with Gasteiger partial charge in [0.15, 0.2) is 5.78 Å². The summed E-state index contributed by atoms with van der Waals surface area (Å²) in [5, 5.41) is 0. The lowest BCUT2D eigenvalue weighted by atomic mass is 9.87. The molecule has 0 N–H and O–H groups in total. The van der Waals surface area contributed by atoms with Gasteiger partial charge < -0.3 is 9.80 Å². The van der Waals surface area contributed by atoms with Crippen molar-refractivity contribution < 1.29 is 14.4 Å². The van der Waals surface area contributed by atoms with E-state index < -0.39 is 0 Å². The van der Waals surface area contributed by atoms with Gasteiger partial charge in [0, 0.05) is 50.0 Å². The van der Waals surface area contributed by atoms with Crippen LogP contribution in [0.3, 0.4) is 0 Å². The Morgan fingerprint density at radius 1 is 0.871 bits per heavy atom. The van der Waals surface area contributed by atoms with E-state index in [1.807, 2.05) is 28.9 Å². The lowest BCUT2D eigenvalue weighted by Gasteiger charge is -2.37. The third kappa shape index (κ3) is 6.18. The molecule has 0 spiro atoms. The first-order chi connectivity index (χ1) is 14.9. The lowest BCUT2D eigenvalue weighted by molar-refractivity contribution is -0.141. The molecule has 2 heterocycles. The highest BCUT2D eigenvalue weighted by Crippen LogP contribution is 2.26. The maximum absolute atomic E-state index is 13.0. The molecule has 2 aliphatic heterocycles. The zero-order chi connectivity index (χ0) is 22.4. The molecule has 0 aromatic heterocycles. The second-order valence-electron chi connectivity index (χ2n) is 9.66. The Morgan fingerprint density at radius 3 is 1.97 bits per heavy atom. The first kappa shape index (κ1) is 23.5. The highest BCUT2D eigenvalue weighted by atomic mass is 16.2. The van der Waals surface area contributed by atoms with E-state index in [9.17, 15) is 14.4 Å². The molecular weight excluding hydrogens is 388 g/mol. The summed E-state index contributed by atoms with van der Waals surface area (Å²) in [5.74, 6) is 1.27. The number of carbonyl (C=O) groups excluding carboxylic acids is 3. The van der Waals surface area contributed by atoms with E-state index in [4.69, 9.17) is 0 Å². The fourth-order valence-electron chi connectivity index (χ4n) is 4.88. The van der Waals surface area contributed by atoms with Crippen molar-refractivity contribution in [3.63, 3.8) is 0 Å². The number of piperidine rings is 2. The maximum atomic E-state index is 13.0. The topological polar surface area (TPSA) is 57.7 Å². The average Bonchev–Trinajstić information content (AvgIpc) is 2.78. The molecule has 2 amide bonds. The van der Waals surface area contributed by atoms with E-state index in [-0.39, 0.29) is 29.4 Å². The maximum Gasteiger partial charge on any atom is 0.225 e. The summed E-state index contributed by atoms with van der Waals surface area (Å²) in [6.45, 7) is 9.12. The number of carbonyl (C=O) groups is 3. The monoisotopic (exact) mass is 426 g/mol. The fraction of sp³-hybridized carbons (Fsp3) is 0.654. The van der Waals surface area contributed by atoms with Crippen molar-refractivity contribution in [1.82, 2.24) is 9.80 Å². The number of hydrogen-bond donors (Lipinski definition) is 0. The summed E-state index contributed by atoms with van der Waals surface area (Å²) < 4.78 is 0. The molecule has 1 aromatic carbocycles. The first-order valence-corrected chi connectivity index (χ1v) is 12.1. The van der Waals surface area contributed by atoms with Crippen LogP contribution >= 0.6 is 0 Å². The Kier molecular flexibility index (Phi) is 8.28. The van der Waals surface area contributed by atoms with Crippen LogP contribution < -0.4 is 0 Å². The van der Waals surface area contributed by atoms with E-state index in [1.54, 1.807) is 0 Å². The van der Waals surface area contributed by atoms with Crippen LogP contribution in [0.15, 0.2) is 24.3 Å². The van der Waals surface area contributed by atoms with Gasteiger partial charge in [-0.3, -0.25) is 14.4 Å². The van der Waals surface area contributed by atoms with Crippen molar-refractivity contribution in [2.75, 3.05) is 26.2 Å². The highest BCUT2D eigenvalue weighted by molar-refractivity contribution is 5.98. The van der Waals surface area contributed by atoms with Gasteiger partial charge in [0.2, 0.25) is 11.8 Å². The third-order valence-corrected chi connectivity index (χ3v) is 6.72. The van der Waals surface area contributed by atoms with Crippen LogP contribution in [0, 0.1) is 17.8 Å². The molecule has 3 rings (SSSR count). The molecule has 5 nitrogen and oxygen atoms in total. The molecule has 0 unspecified atom stereocenters. The van der Waals surface area contributed by atoms with E-state index >= 15 is 0 Å². The largest absolute Gasteiger partial charge is 0.343 e. The summed E-state index contributed by atoms with van der Waals surface area (Å²) >= 11 is 0. The molecule has 1 aromatic rings. The third-order valence-electron chi connectivity index (χ3n) is 6.72. The van der Waals surface area contributed by atoms with Crippen molar-refractivity contribution in [2.24, 2.45) is 17.8 Å². The van der Waals surface area contributed by atoms with Crippen LogP contribution in [-0.2, 0) is 16.0 Å². The second kappa shape index (κ2) is 10.9. The summed E-state index contributed by atoms with van der Waals surface area (Å²) in [6, 6.07) is 8.07. The number of nitrogens with zero attached hydrogens (tertiary/aromatic N) is 2. The van der Waals surface area contributed by atoms with Gasteiger partial charge >= 0.3 is 0 Å². The van der Waals surface area contributed by atoms with Crippen LogP contribution in [0.2, 0.25) is 0 Å². The van der Waals surface area contributed by atoms with Crippen molar-refractivity contribution in [1.29, 1.82) is 0 Å². The number of Topliss-reactive ketones (excluding diaryl/α,β-unsaturated/α-hetero) is 1. The lowest BCUT2D eigenvalue weighted by Crippen LogP contribution is -2.47. The normalized spacial score (nSPS) is 18.5. The van der Waals surface area contributed by atoms with Gasteiger partial charge in [-0.05, 0) is 50.0 Å². The average molecular weight is 427 g/mol. The molecule has 0 bridgehead atoms. The van der Waals surface area contributed by atoms with Gasteiger partial charge in [0.25, 0.3) is 0 Å². The molecule has 5 heteroatoms. The van der Waals surface area contributed by atoms with Gasteiger partial charge in [0.05, 0.1) is 0 Å². The highest BCUT2D eigenvalue weighted by Gasteiger charge is 2.33. The molecule has 2 aliphatic rings. The molecule has 0 saturated carbocycles. The van der Waals surface area contributed by atoms with Crippen molar-refractivity contribution in [3.05, 3.63) is 35.4 Å². The summed E-state index contributed by atoms with van der Waals surface area (Å²) in [7, 11) is 0. The van der Waals surface area contributed by atoms with Gasteiger partial charge in [-0.25, -0.2) is 0 Å². The van der Waals surface area contributed by atoms with Crippen LogP contribution in [0.4, 0.5) is 0 Å². The Labute approximate surface area is 187 Å². The Bertz CT molecular complexity index is 755. The van der Waals surface area contributed by atoms with Gasteiger partial charge in [-0.1, -0.05) is 45.0 Å². The quantitative estimate of drug-likeness (QED) is 0.609. The minimum Gasteiger partial charge on any atom is -0.343 e. The molecule has 0 aliphatic carbocycles. The van der Waals surface area contributed by atoms with Crippen LogP contribution in [0.1, 0.15) is 75.2 Å². The minimum atomic E-state index is 0.00788. The van der Waals surface area contributed by atoms with E-state index in [0.29, 0.717) is 38.5 Å². The van der Waals surface area contributed by atoms with Crippen LogP contribution in [0.5, 0.6) is 0 Å². The van der Waals surface area contributed by atoms with E-state index in [1.165, 1.54) is 5.56 Å². The molecule has 2 fully saturated rings. The zero-order valence-electron chi connectivity index (χ0n) is 19.4. The standard InChI is InChI=1S/C26H38N2O3/c1-4-5-24(29)27-14-12-23(13-15-27)26(31)28-16-10-22(11-17-28)25(30)21-8-6-20(7-9-21)18-19(2)3/h6-9,19,22-23H,4-5,10-18H2,1-3H3. The molecule has 0 radical (unpaired) electrons. The van der Waals surface area contributed by atoms with E-state index in [2.05, 4.69) is 26.0 Å². The van der Waals surface area contributed by atoms with Crippen molar-refractivity contribution in [2.45, 2.75) is 65.7 Å². The van der Waals surface area contributed by atoms with Crippen molar-refractivity contribution in [3.8, 4) is 0 Å². The van der Waals surface area contributed by atoms with Crippen LogP contribution in [-0.4, -0.2) is 53.6 Å². The smallest absolute Gasteiger partial charge is 0.225 e. The second-order valence-corrected chi connectivity index (χ2v) is 9.66. The number of likely N-dealkylation sites (tertiary alicyclic amines) is 2. The van der Waals surface area contributed by atoms with Gasteiger partial charge in [0.1, 0.15) is 0 Å². The predicted molar refractivity (Wildman–Crippen MR) is 123 cm³/mol. The van der Waals surface area contributed by atoms with Crippen molar-refractivity contribution >= 4 is 17.6 Å². The number of ketones is 1. The number of amides is 2. The molecule has 170 valence electrons. The molecule has 31 heavy (non-hydrogen) atoms. The number of benzene rings is 1. The number of rotatable bonds is 7. The summed E-state index contributed by atoms with van der Waals surface area (Å²) in [4.78, 5) is 41.8. The first-order valence-electron chi connectivity index (χ1n) is 12.1.